The molecule has 2 aromatic rings. The van der Waals surface area contributed by atoms with Crippen molar-refractivity contribution in [2.24, 2.45) is 5.92 Å². The lowest BCUT2D eigenvalue weighted by molar-refractivity contribution is 0.227. The molecule has 1 saturated carbocycles. The van der Waals surface area contributed by atoms with Gasteiger partial charge in [-0.3, -0.25) is 4.98 Å². The highest BCUT2D eigenvalue weighted by molar-refractivity contribution is 5.58. The third kappa shape index (κ3) is 4.45. The number of hydrogen-bond donors (Lipinski definition) is 1. The summed E-state index contributed by atoms with van der Waals surface area (Å²) in [5, 5.41) is 3.86. The molecule has 1 N–H and O–H groups in total. The monoisotopic (exact) mass is 322 g/mol. The van der Waals surface area contributed by atoms with Crippen molar-refractivity contribution >= 4 is 0 Å². The van der Waals surface area contributed by atoms with Crippen LogP contribution in [-0.2, 0) is 0 Å². The minimum Gasteiger partial charge on any atom is -0.304 e. The molecule has 0 bridgehead atoms. The Morgan fingerprint density at radius 1 is 0.917 bits per heavy atom. The molecule has 3 rings (SSSR count). The molecular formula is C22H30N2. The lowest BCUT2D eigenvalue weighted by atomic mass is 9.81. The third-order valence-electron chi connectivity index (χ3n) is 4.87. The zero-order valence-electron chi connectivity index (χ0n) is 15.3. The van der Waals surface area contributed by atoms with Crippen LogP contribution in [0.3, 0.4) is 0 Å². The minimum atomic E-state index is 0.0898. The van der Waals surface area contributed by atoms with Gasteiger partial charge in [0.15, 0.2) is 0 Å². The van der Waals surface area contributed by atoms with Gasteiger partial charge >= 0.3 is 0 Å². The van der Waals surface area contributed by atoms with Gasteiger partial charge in [-0.15, -0.1) is 0 Å². The first-order valence-electron chi connectivity index (χ1n) is 9.33. The molecule has 128 valence electrons. The number of nitrogens with zero attached hydrogens (tertiary/aromatic N) is 1. The Bertz CT molecular complexity index is 637. The van der Waals surface area contributed by atoms with E-state index in [1.807, 2.05) is 0 Å². The van der Waals surface area contributed by atoms with Crippen LogP contribution in [-0.4, -0.2) is 10.5 Å². The summed E-state index contributed by atoms with van der Waals surface area (Å²) < 4.78 is 0. The molecule has 1 aromatic carbocycles. The summed E-state index contributed by atoms with van der Waals surface area (Å²) in [5.41, 5.74) is 3.55. The Balaban J connectivity index is 1.92. The summed E-state index contributed by atoms with van der Waals surface area (Å²) in [7, 11) is 0. The van der Waals surface area contributed by atoms with Crippen LogP contribution in [0.5, 0.6) is 0 Å². The standard InChI is InChI=1S/C22H30N2/c1-22(2,3)24-21(18-13-8-5-9-14-18)20-16-10-15-19(23-20)17-11-6-4-7-12-17/h4,6-7,10-12,15-16,18,21,24H,5,8-9,13-14H2,1-3H3. The van der Waals surface area contributed by atoms with E-state index in [1.54, 1.807) is 0 Å². The minimum absolute atomic E-state index is 0.0898. The van der Waals surface area contributed by atoms with Crippen molar-refractivity contribution in [3.8, 4) is 11.3 Å². The van der Waals surface area contributed by atoms with Gasteiger partial charge in [0, 0.05) is 11.1 Å². The van der Waals surface area contributed by atoms with Gasteiger partial charge in [0.25, 0.3) is 0 Å². The quantitative estimate of drug-likeness (QED) is 0.774. The SMILES string of the molecule is CC(C)(C)NC(c1cccc(-c2ccccc2)n1)C1CCCCC1. The van der Waals surface area contributed by atoms with Crippen LogP contribution in [0.1, 0.15) is 64.6 Å². The molecule has 1 fully saturated rings. The van der Waals surface area contributed by atoms with Gasteiger partial charge < -0.3 is 5.32 Å². The van der Waals surface area contributed by atoms with Crippen LogP contribution in [0.15, 0.2) is 48.5 Å². The van der Waals surface area contributed by atoms with Gasteiger partial charge in [-0.25, -0.2) is 0 Å². The molecule has 0 saturated heterocycles. The van der Waals surface area contributed by atoms with E-state index < -0.39 is 0 Å². The zero-order valence-corrected chi connectivity index (χ0v) is 15.3. The van der Waals surface area contributed by atoms with Crippen molar-refractivity contribution in [2.75, 3.05) is 0 Å². The van der Waals surface area contributed by atoms with Crippen molar-refractivity contribution in [2.45, 2.75) is 64.5 Å². The average molecular weight is 322 g/mol. The maximum atomic E-state index is 5.04. The summed E-state index contributed by atoms with van der Waals surface area (Å²) in [6.45, 7) is 6.76. The Labute approximate surface area is 146 Å². The van der Waals surface area contributed by atoms with Crippen LogP contribution in [0.4, 0.5) is 0 Å². The maximum absolute atomic E-state index is 5.04. The van der Waals surface area contributed by atoms with Crippen molar-refractivity contribution in [3.05, 3.63) is 54.2 Å². The summed E-state index contributed by atoms with van der Waals surface area (Å²) in [5.74, 6) is 0.691. The summed E-state index contributed by atoms with van der Waals surface area (Å²) >= 11 is 0. The topological polar surface area (TPSA) is 24.9 Å². The number of aromatic nitrogens is 1. The Kier molecular flexibility index (Phi) is 5.35. The highest BCUT2D eigenvalue weighted by Crippen LogP contribution is 2.35. The first-order valence-corrected chi connectivity index (χ1v) is 9.33. The van der Waals surface area contributed by atoms with E-state index in [4.69, 9.17) is 4.98 Å². The Morgan fingerprint density at radius 3 is 2.29 bits per heavy atom. The second kappa shape index (κ2) is 7.48. The lowest BCUT2D eigenvalue weighted by Crippen LogP contribution is -2.42. The van der Waals surface area contributed by atoms with Gasteiger partial charge in [0.2, 0.25) is 0 Å². The number of hydrogen-bond acceptors (Lipinski definition) is 2. The second-order valence-corrected chi connectivity index (χ2v) is 8.08. The number of benzene rings is 1. The van der Waals surface area contributed by atoms with E-state index in [1.165, 1.54) is 43.4 Å². The summed E-state index contributed by atoms with van der Waals surface area (Å²) in [6.07, 6.45) is 6.71. The first-order chi connectivity index (χ1) is 11.5. The fraction of sp³-hybridized carbons (Fsp3) is 0.500. The van der Waals surface area contributed by atoms with E-state index in [-0.39, 0.29) is 5.54 Å². The molecule has 0 aliphatic heterocycles. The van der Waals surface area contributed by atoms with Gasteiger partial charge in [0.1, 0.15) is 0 Å². The molecule has 24 heavy (non-hydrogen) atoms. The molecule has 2 heteroatoms. The average Bonchev–Trinajstić information content (AvgIpc) is 2.61. The van der Waals surface area contributed by atoms with E-state index in [9.17, 15) is 0 Å². The number of nitrogens with one attached hydrogen (secondary N) is 1. The molecular weight excluding hydrogens is 292 g/mol. The molecule has 1 aromatic heterocycles. The molecule has 0 spiro atoms. The largest absolute Gasteiger partial charge is 0.304 e. The van der Waals surface area contributed by atoms with Gasteiger partial charge in [-0.1, -0.05) is 55.7 Å². The normalized spacial score (nSPS) is 17.6. The molecule has 1 unspecified atom stereocenters. The van der Waals surface area contributed by atoms with Gasteiger partial charge in [0.05, 0.1) is 17.4 Å². The molecule has 1 heterocycles. The summed E-state index contributed by atoms with van der Waals surface area (Å²) in [6, 6.07) is 17.3. The molecule has 2 nitrogen and oxygen atoms in total. The molecule has 0 amide bonds. The fourth-order valence-corrected chi connectivity index (χ4v) is 3.76. The van der Waals surface area contributed by atoms with Crippen molar-refractivity contribution < 1.29 is 0 Å². The van der Waals surface area contributed by atoms with Gasteiger partial charge in [-0.05, 0) is 51.7 Å². The Hall–Kier alpha value is -1.67. The van der Waals surface area contributed by atoms with E-state index in [0.717, 1.165) is 5.69 Å². The van der Waals surface area contributed by atoms with Crippen LogP contribution >= 0.6 is 0 Å². The molecule has 1 aliphatic rings. The lowest BCUT2D eigenvalue weighted by Gasteiger charge is -2.36. The van der Waals surface area contributed by atoms with Crippen molar-refractivity contribution in [1.29, 1.82) is 0 Å². The van der Waals surface area contributed by atoms with Crippen LogP contribution < -0.4 is 5.32 Å². The number of pyridine rings is 1. The van der Waals surface area contributed by atoms with Gasteiger partial charge in [-0.2, -0.15) is 0 Å². The van der Waals surface area contributed by atoms with E-state index in [0.29, 0.717) is 12.0 Å². The smallest absolute Gasteiger partial charge is 0.0706 e. The van der Waals surface area contributed by atoms with Crippen LogP contribution in [0, 0.1) is 5.92 Å². The maximum Gasteiger partial charge on any atom is 0.0706 e. The number of rotatable bonds is 4. The predicted octanol–water partition coefficient (Wildman–Crippen LogP) is 5.76. The third-order valence-corrected chi connectivity index (χ3v) is 4.87. The van der Waals surface area contributed by atoms with Crippen LogP contribution in [0.2, 0.25) is 0 Å². The molecule has 1 atom stereocenters. The Morgan fingerprint density at radius 2 is 1.62 bits per heavy atom. The predicted molar refractivity (Wildman–Crippen MR) is 102 cm³/mol. The van der Waals surface area contributed by atoms with E-state index in [2.05, 4.69) is 74.6 Å². The molecule has 0 radical (unpaired) electrons. The fourth-order valence-electron chi connectivity index (χ4n) is 3.76. The second-order valence-electron chi connectivity index (χ2n) is 8.08. The van der Waals surface area contributed by atoms with E-state index >= 15 is 0 Å². The van der Waals surface area contributed by atoms with Crippen molar-refractivity contribution in [3.63, 3.8) is 0 Å². The summed E-state index contributed by atoms with van der Waals surface area (Å²) in [4.78, 5) is 5.04. The zero-order chi connectivity index (χ0) is 17.0. The first kappa shape index (κ1) is 17.2. The highest BCUT2D eigenvalue weighted by Gasteiger charge is 2.29. The van der Waals surface area contributed by atoms with Crippen molar-refractivity contribution in [1.82, 2.24) is 10.3 Å². The highest BCUT2D eigenvalue weighted by atomic mass is 15.0. The van der Waals surface area contributed by atoms with Crippen LogP contribution in [0.25, 0.3) is 11.3 Å². The molecule has 1 aliphatic carbocycles.